The standard InChI is InChI=1S/C14H19FN2O5S/c1-3-23(21,22)16(2)9-13(18)17(10-14(19)20)8-11-4-6-12(15)7-5-11/h4-7H,3,8-10H2,1-2H3,(H,19,20). The van der Waals surface area contributed by atoms with Crippen LogP contribution in [-0.2, 0) is 26.2 Å². The van der Waals surface area contributed by atoms with E-state index in [9.17, 15) is 22.4 Å². The molecule has 0 aromatic heterocycles. The first kappa shape index (κ1) is 19.0. The Hall–Kier alpha value is -2.00. The number of nitrogens with zero attached hydrogens (tertiary/aromatic N) is 2. The van der Waals surface area contributed by atoms with Crippen molar-refractivity contribution < 1.29 is 27.5 Å². The lowest BCUT2D eigenvalue weighted by Gasteiger charge is -2.24. The van der Waals surface area contributed by atoms with Crippen LogP contribution in [0.5, 0.6) is 0 Å². The molecule has 0 radical (unpaired) electrons. The minimum Gasteiger partial charge on any atom is -0.480 e. The highest BCUT2D eigenvalue weighted by Gasteiger charge is 2.23. The third-order valence-corrected chi connectivity index (χ3v) is 4.97. The molecule has 9 heteroatoms. The maximum absolute atomic E-state index is 12.9. The lowest BCUT2D eigenvalue weighted by atomic mass is 10.2. The Bertz CT molecular complexity index is 660. The number of carbonyl (C=O) groups excluding carboxylic acids is 1. The van der Waals surface area contributed by atoms with Crippen molar-refractivity contribution >= 4 is 21.9 Å². The number of likely N-dealkylation sites (N-methyl/N-ethyl adjacent to an activating group) is 1. The lowest BCUT2D eigenvalue weighted by molar-refractivity contribution is -0.144. The van der Waals surface area contributed by atoms with Gasteiger partial charge >= 0.3 is 5.97 Å². The van der Waals surface area contributed by atoms with E-state index in [0.29, 0.717) is 5.56 Å². The van der Waals surface area contributed by atoms with E-state index >= 15 is 0 Å². The first-order chi connectivity index (χ1) is 10.7. The molecule has 1 N–H and O–H groups in total. The molecule has 128 valence electrons. The highest BCUT2D eigenvalue weighted by atomic mass is 32.2. The zero-order valence-corrected chi connectivity index (χ0v) is 13.7. The van der Waals surface area contributed by atoms with Crippen LogP contribution in [0.2, 0.25) is 0 Å². The van der Waals surface area contributed by atoms with Crippen LogP contribution in [0, 0.1) is 5.82 Å². The molecule has 0 aliphatic heterocycles. The van der Waals surface area contributed by atoms with E-state index in [-0.39, 0.29) is 12.3 Å². The Balaban J connectivity index is 2.86. The van der Waals surface area contributed by atoms with Crippen molar-refractivity contribution in [2.75, 3.05) is 25.9 Å². The summed E-state index contributed by atoms with van der Waals surface area (Å²) in [6, 6.07) is 5.27. The molecule has 0 saturated heterocycles. The van der Waals surface area contributed by atoms with Crippen molar-refractivity contribution in [1.82, 2.24) is 9.21 Å². The highest BCUT2D eigenvalue weighted by molar-refractivity contribution is 7.89. The van der Waals surface area contributed by atoms with Gasteiger partial charge in [0.1, 0.15) is 12.4 Å². The number of halogens is 1. The summed E-state index contributed by atoms with van der Waals surface area (Å²) in [4.78, 5) is 24.1. The van der Waals surface area contributed by atoms with Crippen molar-refractivity contribution in [3.05, 3.63) is 35.6 Å². The Morgan fingerprint density at radius 3 is 2.22 bits per heavy atom. The summed E-state index contributed by atoms with van der Waals surface area (Å²) in [6.45, 7) is 0.371. The molecular weight excluding hydrogens is 327 g/mol. The van der Waals surface area contributed by atoms with E-state index in [1.54, 1.807) is 0 Å². The van der Waals surface area contributed by atoms with Crippen molar-refractivity contribution in [1.29, 1.82) is 0 Å². The van der Waals surface area contributed by atoms with Gasteiger partial charge in [-0.15, -0.1) is 0 Å². The molecular formula is C14H19FN2O5S. The highest BCUT2D eigenvalue weighted by Crippen LogP contribution is 2.08. The van der Waals surface area contributed by atoms with Gasteiger partial charge in [0.05, 0.1) is 12.3 Å². The van der Waals surface area contributed by atoms with E-state index in [2.05, 4.69) is 0 Å². The van der Waals surface area contributed by atoms with E-state index in [1.165, 1.54) is 38.2 Å². The summed E-state index contributed by atoms with van der Waals surface area (Å²) in [7, 11) is -2.29. The van der Waals surface area contributed by atoms with Gasteiger partial charge in [-0.1, -0.05) is 12.1 Å². The molecule has 0 fully saturated rings. The molecule has 0 aliphatic carbocycles. The fourth-order valence-corrected chi connectivity index (χ4v) is 2.56. The van der Waals surface area contributed by atoms with Gasteiger partial charge in [0, 0.05) is 13.6 Å². The third kappa shape index (κ3) is 5.95. The topological polar surface area (TPSA) is 95.0 Å². The molecule has 0 atom stereocenters. The smallest absolute Gasteiger partial charge is 0.323 e. The van der Waals surface area contributed by atoms with Crippen molar-refractivity contribution in [2.45, 2.75) is 13.5 Å². The molecule has 0 unspecified atom stereocenters. The zero-order chi connectivity index (χ0) is 17.6. The van der Waals surface area contributed by atoms with Crippen LogP contribution in [0.4, 0.5) is 4.39 Å². The minimum atomic E-state index is -3.54. The van der Waals surface area contributed by atoms with Gasteiger partial charge in [-0.05, 0) is 24.6 Å². The molecule has 1 aromatic carbocycles. The minimum absolute atomic E-state index is 0.0502. The summed E-state index contributed by atoms with van der Waals surface area (Å²) in [5, 5.41) is 8.91. The number of sulfonamides is 1. The second-order valence-corrected chi connectivity index (χ2v) is 7.29. The number of hydrogen-bond acceptors (Lipinski definition) is 4. The van der Waals surface area contributed by atoms with Crippen molar-refractivity contribution in [3.8, 4) is 0 Å². The van der Waals surface area contributed by atoms with E-state index in [1.807, 2.05) is 0 Å². The Morgan fingerprint density at radius 1 is 1.17 bits per heavy atom. The molecule has 0 saturated carbocycles. The third-order valence-electron chi connectivity index (χ3n) is 3.16. The number of aliphatic carboxylic acids is 1. The second kappa shape index (κ2) is 8.02. The number of carboxylic acid groups (broad SMARTS) is 1. The number of carboxylic acids is 1. The Kier molecular flexibility index (Phi) is 6.64. The van der Waals surface area contributed by atoms with E-state index in [0.717, 1.165) is 9.21 Å². The molecule has 1 aromatic rings. The summed E-state index contributed by atoms with van der Waals surface area (Å²) < 4.78 is 37.1. The molecule has 23 heavy (non-hydrogen) atoms. The van der Waals surface area contributed by atoms with Crippen LogP contribution in [-0.4, -0.2) is 60.5 Å². The van der Waals surface area contributed by atoms with Gasteiger partial charge in [-0.25, -0.2) is 12.8 Å². The zero-order valence-electron chi connectivity index (χ0n) is 12.9. The molecule has 0 bridgehead atoms. The molecule has 7 nitrogen and oxygen atoms in total. The summed E-state index contributed by atoms with van der Waals surface area (Å²) >= 11 is 0. The maximum Gasteiger partial charge on any atom is 0.323 e. The molecule has 1 amide bonds. The first-order valence-electron chi connectivity index (χ1n) is 6.83. The van der Waals surface area contributed by atoms with Crippen LogP contribution in [0.3, 0.4) is 0 Å². The first-order valence-corrected chi connectivity index (χ1v) is 8.44. The number of hydrogen-bond donors (Lipinski definition) is 1. The number of amides is 1. The number of rotatable bonds is 8. The van der Waals surface area contributed by atoms with Crippen LogP contribution >= 0.6 is 0 Å². The number of benzene rings is 1. The lowest BCUT2D eigenvalue weighted by Crippen LogP contribution is -2.43. The fourth-order valence-electron chi connectivity index (χ4n) is 1.81. The summed E-state index contributed by atoms with van der Waals surface area (Å²) in [6.07, 6.45) is 0. The molecule has 1 rings (SSSR count). The summed E-state index contributed by atoms with van der Waals surface area (Å²) in [5.74, 6) is -2.47. The quantitative estimate of drug-likeness (QED) is 0.740. The predicted octanol–water partition coefficient (Wildman–Crippen LogP) is 0.520. The van der Waals surface area contributed by atoms with Crippen LogP contribution in [0.15, 0.2) is 24.3 Å². The maximum atomic E-state index is 12.9. The molecule has 0 heterocycles. The van der Waals surface area contributed by atoms with Gasteiger partial charge < -0.3 is 10.0 Å². The Labute approximate surface area is 134 Å². The van der Waals surface area contributed by atoms with Gasteiger partial charge in [-0.3, -0.25) is 9.59 Å². The van der Waals surface area contributed by atoms with Gasteiger partial charge in [0.25, 0.3) is 0 Å². The number of carbonyl (C=O) groups is 2. The average Bonchev–Trinajstić information content (AvgIpc) is 2.48. The summed E-state index contributed by atoms with van der Waals surface area (Å²) in [5.41, 5.74) is 0.544. The van der Waals surface area contributed by atoms with E-state index in [4.69, 9.17) is 5.11 Å². The molecule has 0 spiro atoms. The Morgan fingerprint density at radius 2 is 1.74 bits per heavy atom. The van der Waals surface area contributed by atoms with Crippen molar-refractivity contribution in [2.24, 2.45) is 0 Å². The predicted molar refractivity (Wildman–Crippen MR) is 81.5 cm³/mol. The van der Waals surface area contributed by atoms with Crippen LogP contribution in [0.25, 0.3) is 0 Å². The average molecular weight is 346 g/mol. The normalized spacial score (nSPS) is 11.5. The van der Waals surface area contributed by atoms with Crippen LogP contribution < -0.4 is 0 Å². The molecule has 0 aliphatic rings. The monoisotopic (exact) mass is 346 g/mol. The second-order valence-electron chi connectivity index (χ2n) is 4.93. The fraction of sp³-hybridized carbons (Fsp3) is 0.429. The van der Waals surface area contributed by atoms with E-state index < -0.39 is 40.8 Å². The van der Waals surface area contributed by atoms with Crippen LogP contribution in [0.1, 0.15) is 12.5 Å². The van der Waals surface area contributed by atoms with Gasteiger partial charge in [-0.2, -0.15) is 4.31 Å². The van der Waals surface area contributed by atoms with Gasteiger partial charge in [0.2, 0.25) is 15.9 Å². The van der Waals surface area contributed by atoms with Crippen molar-refractivity contribution in [3.63, 3.8) is 0 Å². The largest absolute Gasteiger partial charge is 0.480 e. The van der Waals surface area contributed by atoms with Gasteiger partial charge in [0.15, 0.2) is 0 Å². The SMILES string of the molecule is CCS(=O)(=O)N(C)CC(=O)N(CC(=O)O)Cc1ccc(F)cc1.